The second-order valence-corrected chi connectivity index (χ2v) is 7.91. The van der Waals surface area contributed by atoms with E-state index in [1.165, 1.54) is 17.7 Å². The fourth-order valence-corrected chi connectivity index (χ4v) is 3.97. The van der Waals surface area contributed by atoms with E-state index >= 15 is 0 Å². The van der Waals surface area contributed by atoms with Crippen LogP contribution in [0.3, 0.4) is 0 Å². The summed E-state index contributed by atoms with van der Waals surface area (Å²) in [6.07, 6.45) is 3.33. The third-order valence-corrected chi connectivity index (χ3v) is 5.69. The van der Waals surface area contributed by atoms with Gasteiger partial charge in [0.25, 0.3) is 0 Å². The van der Waals surface area contributed by atoms with Crippen LogP contribution < -0.4 is 4.74 Å². The Morgan fingerprint density at radius 3 is 2.60 bits per heavy atom. The maximum absolute atomic E-state index is 10.8. The second-order valence-electron chi connectivity index (χ2n) is 7.10. The molecule has 1 N–H and O–H groups in total. The van der Waals surface area contributed by atoms with E-state index in [1.54, 1.807) is 7.05 Å². The Balaban J connectivity index is 1.53. The summed E-state index contributed by atoms with van der Waals surface area (Å²) in [5, 5.41) is 10.2. The molecule has 0 bridgehead atoms. The quantitative estimate of drug-likeness (QED) is 0.788. The number of ether oxygens (including phenoxy) is 1. The zero-order valence-corrected chi connectivity index (χ0v) is 15.9. The van der Waals surface area contributed by atoms with Crippen LogP contribution >= 0.6 is 23.2 Å². The van der Waals surface area contributed by atoms with Gasteiger partial charge in [0.1, 0.15) is 5.75 Å². The van der Waals surface area contributed by atoms with Crippen LogP contribution in [0.5, 0.6) is 5.75 Å². The lowest BCUT2D eigenvalue weighted by atomic mass is 9.82. The fraction of sp³-hybridized carbons (Fsp3) is 0.611. The average Bonchev–Trinajstić information content (AvgIpc) is 3.02. The van der Waals surface area contributed by atoms with E-state index in [9.17, 15) is 4.79 Å². The van der Waals surface area contributed by atoms with Gasteiger partial charge < -0.3 is 14.7 Å². The average molecular weight is 387 g/mol. The van der Waals surface area contributed by atoms with Gasteiger partial charge in [-0.2, -0.15) is 0 Å². The van der Waals surface area contributed by atoms with Crippen molar-refractivity contribution in [2.75, 3.05) is 26.7 Å². The normalized spacial score (nSPS) is 23.3. The largest absolute Gasteiger partial charge is 0.489 e. The first kappa shape index (κ1) is 18.6. The number of hydrogen-bond donors (Lipinski definition) is 1. The first-order valence-corrected chi connectivity index (χ1v) is 9.49. The Morgan fingerprint density at radius 2 is 1.96 bits per heavy atom. The molecule has 1 aromatic rings. The second kappa shape index (κ2) is 8.02. The minimum Gasteiger partial charge on any atom is -0.489 e. The summed E-state index contributed by atoms with van der Waals surface area (Å²) in [4.78, 5) is 14.5. The molecule has 5 nitrogen and oxygen atoms in total. The molecule has 1 saturated heterocycles. The van der Waals surface area contributed by atoms with Gasteiger partial charge in [-0.3, -0.25) is 4.90 Å². The molecule has 7 heteroatoms. The van der Waals surface area contributed by atoms with Crippen LogP contribution in [0, 0.1) is 5.92 Å². The van der Waals surface area contributed by atoms with Crippen molar-refractivity contribution < 1.29 is 14.6 Å². The summed E-state index contributed by atoms with van der Waals surface area (Å²) in [7, 11) is 1.59. The van der Waals surface area contributed by atoms with Crippen molar-refractivity contribution in [2.45, 2.75) is 38.3 Å². The number of halogens is 2. The highest BCUT2D eigenvalue weighted by Crippen LogP contribution is 2.37. The fourth-order valence-electron chi connectivity index (χ4n) is 3.53. The van der Waals surface area contributed by atoms with Gasteiger partial charge >= 0.3 is 6.09 Å². The Labute approximate surface area is 158 Å². The third-order valence-electron chi connectivity index (χ3n) is 5.04. The number of hydrogen-bond acceptors (Lipinski definition) is 3. The Kier molecular flexibility index (Phi) is 5.97. The maximum Gasteiger partial charge on any atom is 0.407 e. The lowest BCUT2D eigenvalue weighted by Crippen LogP contribution is -2.41. The van der Waals surface area contributed by atoms with Crippen molar-refractivity contribution in [3.63, 3.8) is 0 Å². The molecule has 0 spiro atoms. The number of benzene rings is 1. The summed E-state index contributed by atoms with van der Waals surface area (Å²) in [6, 6.07) is 3.72. The van der Waals surface area contributed by atoms with Gasteiger partial charge in [-0.05, 0) is 56.3 Å². The van der Waals surface area contributed by atoms with Crippen LogP contribution in [0.1, 0.15) is 31.2 Å². The third kappa shape index (κ3) is 4.72. The number of carbonyl (C=O) groups is 1. The van der Waals surface area contributed by atoms with Gasteiger partial charge in [0.15, 0.2) is 0 Å². The molecular weight excluding hydrogens is 363 g/mol. The predicted molar refractivity (Wildman–Crippen MR) is 98.8 cm³/mol. The van der Waals surface area contributed by atoms with Gasteiger partial charge in [0.2, 0.25) is 0 Å². The van der Waals surface area contributed by atoms with E-state index in [4.69, 9.17) is 33.0 Å². The zero-order chi connectivity index (χ0) is 18.0. The van der Waals surface area contributed by atoms with Crippen LogP contribution in [-0.4, -0.2) is 53.8 Å². The molecule has 1 heterocycles. The highest BCUT2D eigenvalue weighted by Gasteiger charge is 2.33. The van der Waals surface area contributed by atoms with Crippen molar-refractivity contribution >= 4 is 29.3 Å². The number of nitrogens with zero attached hydrogens (tertiary/aromatic N) is 2. The van der Waals surface area contributed by atoms with Crippen molar-refractivity contribution in [3.8, 4) is 5.75 Å². The molecule has 1 amide bonds. The lowest BCUT2D eigenvalue weighted by Gasteiger charge is -2.37. The van der Waals surface area contributed by atoms with E-state index in [-0.39, 0.29) is 6.10 Å². The molecule has 1 aromatic carbocycles. The summed E-state index contributed by atoms with van der Waals surface area (Å²) < 4.78 is 5.96. The first-order valence-electron chi connectivity index (χ1n) is 8.73. The van der Waals surface area contributed by atoms with Crippen LogP contribution in [-0.2, 0) is 6.54 Å². The zero-order valence-electron chi connectivity index (χ0n) is 14.4. The molecule has 1 aliphatic heterocycles. The minimum atomic E-state index is -0.896. The maximum atomic E-state index is 10.8. The van der Waals surface area contributed by atoms with Crippen molar-refractivity contribution in [1.29, 1.82) is 0 Å². The molecule has 0 aromatic heterocycles. The van der Waals surface area contributed by atoms with Crippen LogP contribution in [0.15, 0.2) is 12.1 Å². The number of amides is 1. The van der Waals surface area contributed by atoms with E-state index in [1.807, 2.05) is 12.1 Å². The number of rotatable bonds is 6. The van der Waals surface area contributed by atoms with E-state index in [2.05, 4.69) is 4.90 Å². The van der Waals surface area contributed by atoms with Gasteiger partial charge in [0.05, 0.1) is 11.1 Å². The van der Waals surface area contributed by atoms with Gasteiger partial charge in [-0.1, -0.05) is 23.2 Å². The smallest absolute Gasteiger partial charge is 0.407 e. The molecule has 2 fully saturated rings. The molecular formula is C18H24Cl2N2O3. The Morgan fingerprint density at radius 1 is 1.28 bits per heavy atom. The molecule has 2 aliphatic rings. The Hall–Kier alpha value is -1.17. The van der Waals surface area contributed by atoms with Crippen LogP contribution in [0.25, 0.3) is 0 Å². The van der Waals surface area contributed by atoms with Gasteiger partial charge in [-0.25, -0.2) is 4.79 Å². The SMILES string of the molecule is CN(CC1CC(Oc2cc(Cl)c(CN3CCCC3)cc2Cl)C1)C(=O)O. The predicted octanol–water partition coefficient (Wildman–Crippen LogP) is 4.36. The van der Waals surface area contributed by atoms with Crippen molar-refractivity contribution in [1.82, 2.24) is 9.80 Å². The van der Waals surface area contributed by atoms with Crippen molar-refractivity contribution in [2.24, 2.45) is 5.92 Å². The summed E-state index contributed by atoms with van der Waals surface area (Å²) in [5.74, 6) is 0.960. The molecule has 0 atom stereocenters. The highest BCUT2D eigenvalue weighted by atomic mass is 35.5. The first-order chi connectivity index (χ1) is 11.9. The number of likely N-dealkylation sites (tertiary alicyclic amines) is 1. The molecule has 0 radical (unpaired) electrons. The van der Waals surface area contributed by atoms with Gasteiger partial charge in [0, 0.05) is 31.2 Å². The van der Waals surface area contributed by atoms with E-state index in [0.717, 1.165) is 38.0 Å². The molecule has 1 saturated carbocycles. The minimum absolute atomic E-state index is 0.0743. The summed E-state index contributed by atoms with van der Waals surface area (Å²) in [5.41, 5.74) is 1.04. The lowest BCUT2D eigenvalue weighted by molar-refractivity contribution is 0.0475. The van der Waals surface area contributed by atoms with Crippen LogP contribution in [0.2, 0.25) is 10.0 Å². The summed E-state index contributed by atoms with van der Waals surface area (Å²) in [6.45, 7) is 3.59. The standard InChI is InChI=1S/C18H24Cl2N2O3/c1-21(18(23)24)10-12-6-14(7-12)25-17-9-15(19)13(8-16(17)20)11-22-4-2-3-5-22/h8-9,12,14H,2-7,10-11H2,1H3,(H,23,24). The molecule has 138 valence electrons. The highest BCUT2D eigenvalue weighted by molar-refractivity contribution is 6.34. The van der Waals surface area contributed by atoms with Gasteiger partial charge in [-0.15, -0.1) is 0 Å². The van der Waals surface area contributed by atoms with Crippen LogP contribution in [0.4, 0.5) is 4.79 Å². The Bertz CT molecular complexity index is 629. The monoisotopic (exact) mass is 386 g/mol. The molecule has 25 heavy (non-hydrogen) atoms. The topological polar surface area (TPSA) is 53.0 Å². The van der Waals surface area contributed by atoms with E-state index in [0.29, 0.717) is 28.3 Å². The molecule has 3 rings (SSSR count). The van der Waals surface area contributed by atoms with E-state index < -0.39 is 6.09 Å². The van der Waals surface area contributed by atoms with Crippen molar-refractivity contribution in [3.05, 3.63) is 27.7 Å². The summed E-state index contributed by atoms with van der Waals surface area (Å²) >= 11 is 12.8. The number of carboxylic acid groups (broad SMARTS) is 1. The molecule has 1 aliphatic carbocycles. The molecule has 0 unspecified atom stereocenters.